The van der Waals surface area contributed by atoms with Crippen LogP contribution in [-0.2, 0) is 77.5 Å². The Morgan fingerprint density at radius 1 is 0.425 bits per heavy atom. The highest BCUT2D eigenvalue weighted by Crippen LogP contribution is 2.55. The van der Waals surface area contributed by atoms with Gasteiger partial charge in [-0.2, -0.15) is 0 Å². The Labute approximate surface area is 489 Å². The summed E-state index contributed by atoms with van der Waals surface area (Å²) in [6.45, 7) is 58.3. The Balaban J connectivity index is 1.59. The SMILES string of the molecule is CC[C@H]1O[C@@H](C)C(O[Si](C)(C)C(C)(C)C)[C@H]1OP(C)(=O)OC[C@H]1O[C@@H](C)C(O[Si](C)(C)C(C)(C)C)[C@H]1OP(C)(=O)OC[C@H]1O[C@@H](C)C(O[Si](C)(C)C(C)(C)C)[C@H]1OP(C)(=O)OC[C@H]1O[C@@H](C)C(O[Si](C(C)C)(C(C)C)C(C)C)[C@H]1O. The van der Waals surface area contributed by atoms with Gasteiger partial charge in [-0.25, -0.2) is 0 Å². The predicted molar refractivity (Wildman–Crippen MR) is 329 cm³/mol. The van der Waals surface area contributed by atoms with Crippen molar-refractivity contribution in [1.29, 1.82) is 0 Å². The minimum atomic E-state index is -4.07. The Hall–Kier alpha value is 0.958. The molecule has 18 nitrogen and oxygen atoms in total. The first-order chi connectivity index (χ1) is 36.0. The van der Waals surface area contributed by atoms with Crippen LogP contribution in [0.2, 0.25) is 71.0 Å². The second-order valence-corrected chi connectivity index (χ2v) is 55.0. The molecule has 0 amide bonds. The molecule has 4 fully saturated rings. The summed E-state index contributed by atoms with van der Waals surface area (Å²) < 4.78 is 136. The molecule has 0 radical (unpaired) electrons. The molecule has 0 spiro atoms. The van der Waals surface area contributed by atoms with Crippen molar-refractivity contribution < 1.29 is 82.6 Å². The molecule has 4 saturated heterocycles. The first-order valence-electron chi connectivity index (χ1n) is 29.7. The van der Waals surface area contributed by atoms with Crippen LogP contribution in [0.1, 0.15) is 145 Å². The molecule has 4 aliphatic heterocycles. The van der Waals surface area contributed by atoms with Crippen molar-refractivity contribution in [3.63, 3.8) is 0 Å². The smallest absolute Gasteiger partial charge is 0.328 e. The van der Waals surface area contributed by atoms with Gasteiger partial charge in [-0.1, -0.05) is 111 Å². The van der Waals surface area contributed by atoms with E-state index < -0.39 is 142 Å². The lowest BCUT2D eigenvalue weighted by atomic mass is 10.1. The summed E-state index contributed by atoms with van der Waals surface area (Å²) in [5.74, 6) is 0. The summed E-state index contributed by atoms with van der Waals surface area (Å²) >= 11 is 0. The lowest BCUT2D eigenvalue weighted by Crippen LogP contribution is -2.53. The molecule has 0 aliphatic carbocycles. The van der Waals surface area contributed by atoms with E-state index in [0.717, 1.165) is 0 Å². The van der Waals surface area contributed by atoms with Crippen LogP contribution in [0.15, 0.2) is 0 Å². The third kappa shape index (κ3) is 17.6. The van der Waals surface area contributed by atoms with Crippen molar-refractivity contribution in [2.24, 2.45) is 0 Å². The van der Waals surface area contributed by atoms with Gasteiger partial charge in [-0.15, -0.1) is 0 Å². The molecule has 0 aromatic rings. The molecule has 80 heavy (non-hydrogen) atoms. The molecule has 25 heteroatoms. The Bertz CT molecular complexity index is 2130. The van der Waals surface area contributed by atoms with Gasteiger partial charge in [0.2, 0.25) is 8.32 Å². The van der Waals surface area contributed by atoms with Gasteiger partial charge in [0.15, 0.2) is 25.0 Å². The van der Waals surface area contributed by atoms with Crippen LogP contribution in [0.3, 0.4) is 0 Å². The molecule has 1 N–H and O–H groups in total. The molecular formula is C55H115O18P3Si4. The fourth-order valence-corrected chi connectivity index (χ4v) is 24.2. The summed E-state index contributed by atoms with van der Waals surface area (Å²) in [6.07, 6.45) is -10.5. The van der Waals surface area contributed by atoms with Crippen molar-refractivity contribution in [1.82, 2.24) is 0 Å². The van der Waals surface area contributed by atoms with Crippen LogP contribution >= 0.6 is 22.8 Å². The van der Waals surface area contributed by atoms with Crippen molar-refractivity contribution in [2.45, 2.75) is 314 Å². The van der Waals surface area contributed by atoms with E-state index in [1.807, 2.05) is 34.6 Å². The molecule has 4 rings (SSSR count). The third-order valence-electron chi connectivity index (χ3n) is 18.7. The number of hydrogen-bond donors (Lipinski definition) is 1. The standard InChI is InChI=1S/C55H115O18P3Si4/c1-30-41-50(47(38(9)63-41)70-77(24,25)53(12,13)14)67-75(22,58)61-32-43-52(49(40(11)65-43)72-79(28,29)55(18,19)20)69-76(23,59)62-33-44-51(48(39(10)66-44)71-78(26,27)54(15,16)17)68-74(21,57)60-31-42-45(56)46(37(8)64-42)73-80(34(2)3,35(4)5)36(6)7/h34-52,56H,30-33H2,1-29H3/t37-,38-,39-,40-,41+,42+,43+,44+,45-,46?,47?,48?,49?,50-,51-,52-,74?,75?,76?/m0/s1. The average Bonchev–Trinajstić information content (AvgIpc) is 3.93. The van der Waals surface area contributed by atoms with E-state index in [4.69, 9.17) is 63.8 Å². The molecule has 474 valence electrons. The predicted octanol–water partition coefficient (Wildman–Crippen LogP) is 14.3. The highest BCUT2D eigenvalue weighted by atomic mass is 31.2. The van der Waals surface area contributed by atoms with Gasteiger partial charge in [0.05, 0.1) is 56.4 Å². The van der Waals surface area contributed by atoms with Crippen molar-refractivity contribution >= 4 is 56.1 Å². The topological polar surface area (TPSA) is 201 Å². The molecule has 4 aliphatic rings. The molecule has 0 aromatic carbocycles. The molecule has 4 heterocycles. The highest BCUT2D eigenvalue weighted by molar-refractivity contribution is 7.53. The average molecular weight is 1270 g/mol. The Kier molecular flexibility index (Phi) is 24.8. The first-order valence-corrected chi connectivity index (χ1v) is 46.5. The maximum Gasteiger partial charge on any atom is 0.328 e. The van der Waals surface area contributed by atoms with Crippen molar-refractivity contribution in [2.75, 3.05) is 39.8 Å². The van der Waals surface area contributed by atoms with E-state index in [2.05, 4.69) is 143 Å². The lowest BCUT2D eigenvalue weighted by Gasteiger charge is -2.45. The van der Waals surface area contributed by atoms with Crippen LogP contribution in [-0.4, -0.2) is 176 Å². The fraction of sp³-hybridized carbons (Fsp3) is 1.00. The number of rotatable bonds is 27. The molecule has 7 unspecified atom stereocenters. The number of aliphatic hydroxyl groups excluding tert-OH is 1. The molecule has 19 atom stereocenters. The van der Waals surface area contributed by atoms with Gasteiger partial charge in [-0.3, -0.25) is 27.3 Å². The van der Waals surface area contributed by atoms with E-state index >= 15 is 0 Å². The quantitative estimate of drug-likeness (QED) is 0.0600. The van der Waals surface area contributed by atoms with E-state index in [-0.39, 0.29) is 47.1 Å². The van der Waals surface area contributed by atoms with Gasteiger partial charge < -0.3 is 55.3 Å². The van der Waals surface area contributed by atoms with Gasteiger partial charge in [0.1, 0.15) is 61.0 Å². The normalized spacial score (nSPS) is 34.9. The highest BCUT2D eigenvalue weighted by Gasteiger charge is 2.57. The van der Waals surface area contributed by atoms with Gasteiger partial charge >= 0.3 is 22.8 Å². The summed E-state index contributed by atoms with van der Waals surface area (Å²) in [5, 5.41) is 11.3. The third-order valence-corrected chi connectivity index (χ3v) is 42.0. The van der Waals surface area contributed by atoms with Crippen LogP contribution in [0, 0.1) is 0 Å². The van der Waals surface area contributed by atoms with E-state index in [0.29, 0.717) is 23.0 Å². The zero-order valence-corrected chi connectivity index (χ0v) is 61.7. The van der Waals surface area contributed by atoms with E-state index in [1.54, 1.807) is 0 Å². The van der Waals surface area contributed by atoms with Crippen molar-refractivity contribution in [3.05, 3.63) is 0 Å². The van der Waals surface area contributed by atoms with Crippen LogP contribution in [0.5, 0.6) is 0 Å². The summed E-state index contributed by atoms with van der Waals surface area (Å²) in [6, 6.07) is 0. The zero-order valence-electron chi connectivity index (χ0n) is 55.0. The minimum Gasteiger partial charge on any atom is -0.409 e. The first kappa shape index (κ1) is 73.4. The minimum absolute atomic E-state index is 0.0835. The monoisotopic (exact) mass is 1270 g/mol. The van der Waals surface area contributed by atoms with Crippen LogP contribution in [0.25, 0.3) is 0 Å². The molecule has 0 aromatic heterocycles. The number of aliphatic hydroxyl groups is 1. The maximum absolute atomic E-state index is 15.0. The van der Waals surface area contributed by atoms with Crippen molar-refractivity contribution in [3.8, 4) is 0 Å². The largest absolute Gasteiger partial charge is 0.409 e. The van der Waals surface area contributed by atoms with Gasteiger partial charge in [-0.05, 0) is 105 Å². The summed E-state index contributed by atoms with van der Waals surface area (Å²) in [4.78, 5) is 0. The Morgan fingerprint density at radius 3 is 0.950 bits per heavy atom. The molecular weight excluding hydrogens is 1150 g/mol. The van der Waals surface area contributed by atoms with Gasteiger partial charge in [0.25, 0.3) is 0 Å². The van der Waals surface area contributed by atoms with E-state index in [9.17, 15) is 18.8 Å². The maximum atomic E-state index is 15.0. The number of hydrogen-bond acceptors (Lipinski definition) is 18. The Morgan fingerprint density at radius 2 is 0.675 bits per heavy atom. The summed E-state index contributed by atoms with van der Waals surface area (Å²) in [5.41, 5.74) is 0.877. The zero-order chi connectivity index (χ0) is 61.7. The molecule has 0 bridgehead atoms. The summed E-state index contributed by atoms with van der Waals surface area (Å²) in [7, 11) is -21.6. The molecule has 0 saturated carbocycles. The second kappa shape index (κ2) is 27.0. The van der Waals surface area contributed by atoms with E-state index in [1.165, 1.54) is 20.0 Å². The van der Waals surface area contributed by atoms with Gasteiger partial charge in [0, 0.05) is 20.0 Å². The number of ether oxygens (including phenoxy) is 4. The second-order valence-electron chi connectivity index (χ2n) is 29.3. The fourth-order valence-electron chi connectivity index (χ4n) is 11.0. The van der Waals surface area contributed by atoms with Crippen LogP contribution < -0.4 is 0 Å². The van der Waals surface area contributed by atoms with Crippen LogP contribution in [0.4, 0.5) is 0 Å². The lowest BCUT2D eigenvalue weighted by molar-refractivity contribution is -0.0316.